The highest BCUT2D eigenvalue weighted by molar-refractivity contribution is 9.10. The summed E-state index contributed by atoms with van der Waals surface area (Å²) in [5.41, 5.74) is 4.91. The molecule has 0 aliphatic heterocycles. The minimum absolute atomic E-state index is 0.107. The Labute approximate surface area is 114 Å². The zero-order valence-corrected chi connectivity index (χ0v) is 11.6. The van der Waals surface area contributed by atoms with E-state index in [9.17, 15) is 13.6 Å². The topological polar surface area (TPSA) is 43.1 Å². The Morgan fingerprint density at radius 2 is 1.83 bits per heavy atom. The van der Waals surface area contributed by atoms with Crippen LogP contribution in [-0.2, 0) is 0 Å². The molecule has 100 valence electrons. The number of unbranched alkanes of at least 4 members (excludes halogenated alkanes) is 3. The summed E-state index contributed by atoms with van der Waals surface area (Å²) in [6.45, 7) is 0.628. The van der Waals surface area contributed by atoms with Crippen LogP contribution in [0.15, 0.2) is 16.6 Å². The third-order valence-electron chi connectivity index (χ3n) is 2.68. The summed E-state index contributed by atoms with van der Waals surface area (Å²) in [6, 6.07) is 2.34. The number of carbonyl (C=O) groups is 1. The first-order valence-electron chi connectivity index (χ1n) is 5.94. The van der Waals surface area contributed by atoms with Gasteiger partial charge in [0.05, 0.1) is 10.0 Å². The molecule has 2 nitrogen and oxygen atoms in total. The van der Waals surface area contributed by atoms with Crippen molar-refractivity contribution in [3.63, 3.8) is 0 Å². The molecular formula is C13H16BrF2NO. The van der Waals surface area contributed by atoms with E-state index < -0.39 is 23.0 Å². The van der Waals surface area contributed by atoms with E-state index in [1.807, 2.05) is 0 Å². The molecule has 0 bridgehead atoms. The summed E-state index contributed by atoms with van der Waals surface area (Å²) in [5, 5.41) is 0. The number of halogens is 3. The summed E-state index contributed by atoms with van der Waals surface area (Å²) in [4.78, 5) is 11.7. The SMILES string of the molecule is NCCCCCCC(=O)c1c(F)ccc(Br)c1F. The van der Waals surface area contributed by atoms with Gasteiger partial charge in [0.25, 0.3) is 0 Å². The molecule has 0 saturated heterocycles. The normalized spacial score (nSPS) is 10.7. The molecule has 1 aromatic rings. The lowest BCUT2D eigenvalue weighted by Gasteiger charge is -2.05. The first-order chi connectivity index (χ1) is 8.57. The largest absolute Gasteiger partial charge is 0.330 e. The average molecular weight is 320 g/mol. The number of hydrogen-bond donors (Lipinski definition) is 1. The highest BCUT2D eigenvalue weighted by Gasteiger charge is 2.18. The van der Waals surface area contributed by atoms with Crippen molar-refractivity contribution >= 4 is 21.7 Å². The number of Topliss-reactive ketones (excluding diaryl/α,β-unsaturated/α-hetero) is 1. The number of ketones is 1. The second kappa shape index (κ2) is 7.59. The van der Waals surface area contributed by atoms with Crippen LogP contribution in [0.2, 0.25) is 0 Å². The molecule has 1 rings (SSSR count). The molecular weight excluding hydrogens is 304 g/mol. The Morgan fingerprint density at radius 1 is 1.17 bits per heavy atom. The fraction of sp³-hybridized carbons (Fsp3) is 0.462. The van der Waals surface area contributed by atoms with Gasteiger partial charge in [0.1, 0.15) is 5.82 Å². The molecule has 1 aromatic carbocycles. The molecule has 0 amide bonds. The van der Waals surface area contributed by atoms with Gasteiger partial charge in [0.15, 0.2) is 11.6 Å². The first-order valence-corrected chi connectivity index (χ1v) is 6.74. The lowest BCUT2D eigenvalue weighted by atomic mass is 10.0. The molecule has 0 heterocycles. The van der Waals surface area contributed by atoms with E-state index in [4.69, 9.17) is 5.73 Å². The smallest absolute Gasteiger partial charge is 0.168 e. The third kappa shape index (κ3) is 4.14. The zero-order chi connectivity index (χ0) is 13.5. The summed E-state index contributed by atoms with van der Waals surface area (Å²) >= 11 is 2.94. The Kier molecular flexibility index (Phi) is 6.43. The molecule has 0 radical (unpaired) electrons. The van der Waals surface area contributed by atoms with Crippen molar-refractivity contribution in [2.75, 3.05) is 6.54 Å². The van der Waals surface area contributed by atoms with Gasteiger partial charge in [0.2, 0.25) is 0 Å². The van der Waals surface area contributed by atoms with Crippen LogP contribution in [0, 0.1) is 11.6 Å². The third-order valence-corrected chi connectivity index (χ3v) is 3.29. The lowest BCUT2D eigenvalue weighted by Crippen LogP contribution is -2.06. The molecule has 0 fully saturated rings. The van der Waals surface area contributed by atoms with Crippen molar-refractivity contribution in [3.05, 3.63) is 33.8 Å². The van der Waals surface area contributed by atoms with Crippen molar-refractivity contribution in [1.82, 2.24) is 0 Å². The van der Waals surface area contributed by atoms with E-state index in [-0.39, 0.29) is 10.9 Å². The molecule has 0 aromatic heterocycles. The summed E-state index contributed by atoms with van der Waals surface area (Å²) in [5.74, 6) is -2.11. The second-order valence-electron chi connectivity index (χ2n) is 4.09. The molecule has 0 aliphatic rings. The van der Waals surface area contributed by atoms with Crippen LogP contribution >= 0.6 is 15.9 Å². The van der Waals surface area contributed by atoms with Crippen molar-refractivity contribution in [1.29, 1.82) is 0 Å². The molecule has 18 heavy (non-hydrogen) atoms. The predicted molar refractivity (Wildman–Crippen MR) is 70.5 cm³/mol. The molecule has 0 unspecified atom stereocenters. The van der Waals surface area contributed by atoms with Gasteiger partial charge >= 0.3 is 0 Å². The zero-order valence-electron chi connectivity index (χ0n) is 10.0. The predicted octanol–water partition coefficient (Wildman–Crippen LogP) is 3.82. The van der Waals surface area contributed by atoms with Gasteiger partial charge in [-0.25, -0.2) is 8.78 Å². The Bertz CT molecular complexity index is 424. The number of nitrogens with two attached hydrogens (primary N) is 1. The average Bonchev–Trinajstić information content (AvgIpc) is 2.34. The lowest BCUT2D eigenvalue weighted by molar-refractivity contribution is 0.0971. The fourth-order valence-corrected chi connectivity index (χ4v) is 2.02. The van der Waals surface area contributed by atoms with Gasteiger partial charge in [-0.15, -0.1) is 0 Å². The van der Waals surface area contributed by atoms with Crippen molar-refractivity contribution in [2.45, 2.75) is 32.1 Å². The van der Waals surface area contributed by atoms with Gasteiger partial charge < -0.3 is 5.73 Å². The quantitative estimate of drug-likeness (QED) is 0.471. The highest BCUT2D eigenvalue weighted by Crippen LogP contribution is 2.23. The van der Waals surface area contributed by atoms with Gasteiger partial charge in [-0.05, 0) is 47.4 Å². The van der Waals surface area contributed by atoms with E-state index in [2.05, 4.69) is 15.9 Å². The number of carbonyl (C=O) groups excluding carboxylic acids is 1. The number of benzene rings is 1. The summed E-state index contributed by atoms with van der Waals surface area (Å²) < 4.78 is 27.1. The van der Waals surface area contributed by atoms with Crippen molar-refractivity contribution in [2.24, 2.45) is 5.73 Å². The standard InChI is InChI=1S/C13H16BrF2NO/c14-9-6-7-10(15)12(13(9)16)11(18)5-3-1-2-4-8-17/h6-7H,1-5,8,17H2. The minimum atomic E-state index is -0.818. The van der Waals surface area contributed by atoms with Crippen LogP contribution in [0.5, 0.6) is 0 Å². The molecule has 5 heteroatoms. The van der Waals surface area contributed by atoms with E-state index in [1.165, 1.54) is 6.07 Å². The summed E-state index contributed by atoms with van der Waals surface area (Å²) in [6.07, 6.45) is 3.49. The van der Waals surface area contributed by atoms with Gasteiger partial charge in [0, 0.05) is 6.42 Å². The van der Waals surface area contributed by atoms with Crippen LogP contribution in [0.1, 0.15) is 42.5 Å². The Hall–Kier alpha value is -0.810. The van der Waals surface area contributed by atoms with E-state index in [0.717, 1.165) is 25.3 Å². The fourth-order valence-electron chi connectivity index (χ4n) is 1.69. The minimum Gasteiger partial charge on any atom is -0.330 e. The maximum Gasteiger partial charge on any atom is 0.168 e. The second-order valence-corrected chi connectivity index (χ2v) is 4.95. The highest BCUT2D eigenvalue weighted by atomic mass is 79.9. The Balaban J connectivity index is 2.59. The van der Waals surface area contributed by atoms with E-state index >= 15 is 0 Å². The molecule has 0 saturated carbocycles. The van der Waals surface area contributed by atoms with Crippen molar-refractivity contribution in [3.8, 4) is 0 Å². The van der Waals surface area contributed by atoms with Crippen LogP contribution in [0.3, 0.4) is 0 Å². The van der Waals surface area contributed by atoms with Gasteiger partial charge in [-0.2, -0.15) is 0 Å². The van der Waals surface area contributed by atoms with Crippen LogP contribution < -0.4 is 5.73 Å². The first kappa shape index (κ1) is 15.2. The van der Waals surface area contributed by atoms with Crippen LogP contribution in [0.25, 0.3) is 0 Å². The maximum absolute atomic E-state index is 13.6. The van der Waals surface area contributed by atoms with Gasteiger partial charge in [-0.3, -0.25) is 4.79 Å². The molecule has 0 aliphatic carbocycles. The van der Waals surface area contributed by atoms with Gasteiger partial charge in [-0.1, -0.05) is 12.8 Å². The molecule has 2 N–H and O–H groups in total. The molecule has 0 spiro atoms. The van der Waals surface area contributed by atoms with Crippen LogP contribution in [-0.4, -0.2) is 12.3 Å². The number of rotatable bonds is 7. The monoisotopic (exact) mass is 319 g/mol. The van der Waals surface area contributed by atoms with Crippen molar-refractivity contribution < 1.29 is 13.6 Å². The van der Waals surface area contributed by atoms with E-state index in [0.29, 0.717) is 13.0 Å². The van der Waals surface area contributed by atoms with Crippen LogP contribution in [0.4, 0.5) is 8.78 Å². The summed E-state index contributed by atoms with van der Waals surface area (Å²) in [7, 11) is 0. The van der Waals surface area contributed by atoms with E-state index in [1.54, 1.807) is 0 Å². The molecule has 0 atom stereocenters. The Morgan fingerprint density at radius 3 is 2.50 bits per heavy atom. The maximum atomic E-state index is 13.6. The number of hydrogen-bond acceptors (Lipinski definition) is 2.